The van der Waals surface area contributed by atoms with E-state index in [1.165, 1.54) is 11.1 Å². The van der Waals surface area contributed by atoms with E-state index in [4.69, 9.17) is 18.9 Å². The van der Waals surface area contributed by atoms with Crippen LogP contribution in [0, 0.1) is 71.0 Å². The second kappa shape index (κ2) is 11.9. The van der Waals surface area contributed by atoms with Crippen LogP contribution in [-0.2, 0) is 22.4 Å². The number of ether oxygens (including phenoxy) is 4. The summed E-state index contributed by atoms with van der Waals surface area (Å²) in [5, 5.41) is 12.6. The maximum absolute atomic E-state index is 13.2. The fourth-order valence-electron chi connectivity index (χ4n) is 11.6. The van der Waals surface area contributed by atoms with Crippen LogP contribution in [-0.4, -0.2) is 37.1 Å². The Morgan fingerprint density at radius 1 is 0.688 bits per heavy atom. The van der Waals surface area contributed by atoms with Crippen molar-refractivity contribution in [1.82, 2.24) is 5.32 Å². The van der Waals surface area contributed by atoms with Crippen molar-refractivity contribution in [2.24, 2.45) is 71.0 Å². The second-order valence-corrected chi connectivity index (χ2v) is 15.3. The van der Waals surface area contributed by atoms with Gasteiger partial charge in [-0.25, -0.2) is 0 Å². The van der Waals surface area contributed by atoms with Crippen LogP contribution in [0.4, 0.5) is 0 Å². The molecule has 8 aliphatic rings. The monoisotopic (exact) mass is 651 g/mol. The van der Waals surface area contributed by atoms with Crippen molar-refractivity contribution in [3.05, 3.63) is 71.8 Å². The predicted molar refractivity (Wildman–Crippen MR) is 177 cm³/mol. The molecule has 0 aromatic heterocycles. The number of benzene rings is 2. The lowest BCUT2D eigenvalue weighted by molar-refractivity contribution is -0.191. The van der Waals surface area contributed by atoms with E-state index >= 15 is 0 Å². The standard InChI is InChI=1S/C40H45NO7/c1-2-41-35(42)18-30-28(14-21-6-12-31-33(16-21)47-19-45-31)26-9-8-24-25-10-11-27(38(24)40(26)30)37-23(4-3-5-36(43)44)29(39(25)37)15-22-7-13-32-34(17-22)48-20-46-32/h6-13,16-17,23-30,37-40H,2-5,14-15,18-20H2,1H3,(H,41,42)(H,43,44)/t23-,24-,25-,26-,27-,28+,29-,30-,37-,38-,39-,40-/m0/s1. The van der Waals surface area contributed by atoms with Gasteiger partial charge >= 0.3 is 5.97 Å². The molecule has 2 aliphatic heterocycles. The van der Waals surface area contributed by atoms with Gasteiger partial charge in [-0.15, -0.1) is 0 Å². The number of carbonyl (C=O) groups is 2. The van der Waals surface area contributed by atoms with E-state index < -0.39 is 5.97 Å². The Morgan fingerprint density at radius 3 is 1.92 bits per heavy atom. The van der Waals surface area contributed by atoms with Crippen LogP contribution in [0.3, 0.4) is 0 Å². The Labute approximate surface area is 281 Å². The van der Waals surface area contributed by atoms with E-state index in [-0.39, 0.29) is 25.9 Å². The summed E-state index contributed by atoms with van der Waals surface area (Å²) in [6.07, 6.45) is 14.5. The minimum absolute atomic E-state index is 0.163. The third kappa shape index (κ3) is 4.84. The molecular formula is C40H45NO7. The molecule has 2 N–H and O–H groups in total. The van der Waals surface area contributed by atoms with Crippen LogP contribution >= 0.6 is 0 Å². The highest BCUT2D eigenvalue weighted by atomic mass is 16.7. The molecular weight excluding hydrogens is 606 g/mol. The van der Waals surface area contributed by atoms with Crippen LogP contribution in [0.1, 0.15) is 43.7 Å². The lowest BCUT2D eigenvalue weighted by atomic mass is 9.33. The summed E-state index contributed by atoms with van der Waals surface area (Å²) in [7, 11) is 0. The van der Waals surface area contributed by atoms with Crippen molar-refractivity contribution in [3.8, 4) is 23.0 Å². The Morgan fingerprint density at radius 2 is 1.25 bits per heavy atom. The van der Waals surface area contributed by atoms with Gasteiger partial charge in [0.05, 0.1) is 0 Å². The number of allylic oxidation sites excluding steroid dienone is 4. The molecule has 12 atom stereocenters. The van der Waals surface area contributed by atoms with Gasteiger partial charge in [0.15, 0.2) is 23.0 Å². The van der Waals surface area contributed by atoms with E-state index in [0.717, 1.165) is 48.7 Å². The van der Waals surface area contributed by atoms with E-state index in [9.17, 15) is 14.7 Å². The summed E-state index contributed by atoms with van der Waals surface area (Å²) in [5.74, 6) is 8.51. The topological polar surface area (TPSA) is 103 Å². The molecule has 48 heavy (non-hydrogen) atoms. The molecule has 0 radical (unpaired) electrons. The normalized spacial score (nSPS) is 36.8. The zero-order chi connectivity index (χ0) is 32.5. The number of hydrogen-bond acceptors (Lipinski definition) is 6. The Hall–Kier alpha value is -3.94. The number of aliphatic carboxylic acids is 1. The number of carboxylic acids is 1. The zero-order valence-electron chi connectivity index (χ0n) is 27.5. The first kappa shape index (κ1) is 30.1. The summed E-state index contributed by atoms with van der Waals surface area (Å²) in [6.45, 7) is 3.19. The van der Waals surface area contributed by atoms with Gasteiger partial charge in [-0.05, 0) is 139 Å². The summed E-state index contributed by atoms with van der Waals surface area (Å²) in [4.78, 5) is 24.7. The average Bonchev–Trinajstić information content (AvgIpc) is 3.75. The number of carbonyl (C=O) groups excluding carboxylic acids is 1. The zero-order valence-corrected chi connectivity index (χ0v) is 27.5. The molecule has 2 heterocycles. The molecule has 252 valence electrons. The highest BCUT2D eigenvalue weighted by Crippen LogP contribution is 2.71. The minimum Gasteiger partial charge on any atom is -0.481 e. The van der Waals surface area contributed by atoms with Gasteiger partial charge in [-0.3, -0.25) is 9.59 Å². The lowest BCUT2D eigenvalue weighted by Crippen LogP contribution is -2.67. The fraction of sp³-hybridized carbons (Fsp3) is 0.550. The highest BCUT2D eigenvalue weighted by molar-refractivity contribution is 5.76. The van der Waals surface area contributed by atoms with Crippen LogP contribution in [0.5, 0.6) is 23.0 Å². The molecule has 3 fully saturated rings. The van der Waals surface area contributed by atoms with Crippen molar-refractivity contribution >= 4 is 11.9 Å². The first-order valence-corrected chi connectivity index (χ1v) is 18.1. The first-order chi connectivity index (χ1) is 23.5. The summed E-state index contributed by atoms with van der Waals surface area (Å²) in [6, 6.07) is 12.7. The lowest BCUT2D eigenvalue weighted by Gasteiger charge is -2.71. The largest absolute Gasteiger partial charge is 0.481 e. The van der Waals surface area contributed by atoms with Crippen molar-refractivity contribution in [1.29, 1.82) is 0 Å². The van der Waals surface area contributed by atoms with E-state index in [2.05, 4.69) is 53.9 Å². The summed E-state index contributed by atoms with van der Waals surface area (Å²) in [5.41, 5.74) is 2.52. The molecule has 0 saturated heterocycles. The van der Waals surface area contributed by atoms with Crippen molar-refractivity contribution in [3.63, 3.8) is 0 Å². The smallest absolute Gasteiger partial charge is 0.303 e. The molecule has 2 aromatic rings. The van der Waals surface area contributed by atoms with Gasteiger partial charge in [0.25, 0.3) is 0 Å². The first-order valence-electron chi connectivity index (χ1n) is 18.1. The Kier molecular flexibility index (Phi) is 7.46. The third-order valence-electron chi connectivity index (χ3n) is 13.3. The van der Waals surface area contributed by atoms with E-state index in [1.807, 2.05) is 19.1 Å². The summed E-state index contributed by atoms with van der Waals surface area (Å²) >= 11 is 0. The van der Waals surface area contributed by atoms with Gasteiger partial charge in [0.2, 0.25) is 19.5 Å². The van der Waals surface area contributed by atoms with Crippen LogP contribution in [0.2, 0.25) is 0 Å². The molecule has 8 heteroatoms. The summed E-state index contributed by atoms with van der Waals surface area (Å²) < 4.78 is 22.6. The fourth-order valence-corrected chi connectivity index (χ4v) is 11.6. The number of nitrogens with one attached hydrogen (secondary N) is 1. The average molecular weight is 652 g/mol. The van der Waals surface area contributed by atoms with Gasteiger partial charge in [-0.2, -0.15) is 0 Å². The number of carboxylic acid groups (broad SMARTS) is 1. The number of hydrogen-bond donors (Lipinski definition) is 2. The highest BCUT2D eigenvalue weighted by Gasteiger charge is 2.67. The molecule has 0 unspecified atom stereocenters. The van der Waals surface area contributed by atoms with Gasteiger partial charge in [0, 0.05) is 19.4 Å². The van der Waals surface area contributed by atoms with Crippen LogP contribution < -0.4 is 24.3 Å². The molecule has 10 rings (SSSR count). The van der Waals surface area contributed by atoms with Crippen LogP contribution in [0.25, 0.3) is 0 Å². The van der Waals surface area contributed by atoms with Crippen LogP contribution in [0.15, 0.2) is 60.7 Å². The second-order valence-electron chi connectivity index (χ2n) is 15.3. The van der Waals surface area contributed by atoms with E-state index in [0.29, 0.717) is 84.0 Å². The molecule has 2 aromatic carbocycles. The quantitative estimate of drug-likeness (QED) is 0.276. The molecule has 3 saturated carbocycles. The maximum Gasteiger partial charge on any atom is 0.303 e. The molecule has 6 aliphatic carbocycles. The number of amides is 1. The number of fused-ring (bicyclic) bond motifs is 3. The van der Waals surface area contributed by atoms with E-state index in [1.54, 1.807) is 0 Å². The van der Waals surface area contributed by atoms with Gasteiger partial charge in [-0.1, -0.05) is 36.4 Å². The predicted octanol–water partition coefficient (Wildman–Crippen LogP) is 6.29. The van der Waals surface area contributed by atoms with Crippen molar-refractivity contribution in [2.75, 3.05) is 20.1 Å². The molecule has 0 spiro atoms. The Balaban J connectivity index is 1.00. The van der Waals surface area contributed by atoms with Crippen molar-refractivity contribution in [2.45, 2.75) is 45.4 Å². The molecule has 1 amide bonds. The minimum atomic E-state index is -0.709. The van der Waals surface area contributed by atoms with Gasteiger partial charge < -0.3 is 29.4 Å². The third-order valence-corrected chi connectivity index (χ3v) is 13.3. The molecule has 2 bridgehead atoms. The maximum atomic E-state index is 13.2. The number of rotatable bonds is 11. The molecule has 8 nitrogen and oxygen atoms in total. The Bertz CT molecular complexity index is 1670. The van der Waals surface area contributed by atoms with Crippen molar-refractivity contribution < 1.29 is 33.6 Å². The SMILES string of the molecule is CCNC(=O)C[C@H]1[C@H](Cc2ccc3c(c2)OCO3)[C@@H]2C=C[C@H]3[C@@H]4C=C[C@H]([C@H]3[C@@H]21)[C@@H]1[C@@H](CCCC(=O)O)[C@H](Cc2ccc3c(c2)OCO3)[C@H]41. The van der Waals surface area contributed by atoms with Gasteiger partial charge in [0.1, 0.15) is 0 Å².